The number of hydrogen-bond acceptors (Lipinski definition) is 5. The molecule has 134 valence electrons. The molecule has 2 aromatic rings. The summed E-state index contributed by atoms with van der Waals surface area (Å²) < 4.78 is 26.0. The fourth-order valence-electron chi connectivity index (χ4n) is 2.31. The number of nitrogens with zero attached hydrogens (tertiary/aromatic N) is 2. The van der Waals surface area contributed by atoms with Crippen molar-refractivity contribution >= 4 is 40.8 Å². The van der Waals surface area contributed by atoms with Gasteiger partial charge in [-0.05, 0) is 23.6 Å². The van der Waals surface area contributed by atoms with Crippen molar-refractivity contribution in [1.29, 1.82) is 0 Å². The summed E-state index contributed by atoms with van der Waals surface area (Å²) in [7, 11) is 0. The van der Waals surface area contributed by atoms with Gasteiger partial charge in [-0.2, -0.15) is 0 Å². The quantitative estimate of drug-likeness (QED) is 0.636. The van der Waals surface area contributed by atoms with Gasteiger partial charge in [-0.3, -0.25) is 19.3 Å². The minimum Gasteiger partial charge on any atom is -0.324 e. The van der Waals surface area contributed by atoms with Gasteiger partial charge in [0, 0.05) is 16.6 Å². The average molecular weight is 379 g/mol. The van der Waals surface area contributed by atoms with Gasteiger partial charge < -0.3 is 5.32 Å². The fraction of sp³-hybridized carbons (Fsp3) is 0.125. The predicted molar refractivity (Wildman–Crippen MR) is 87.0 cm³/mol. The Bertz CT molecular complexity index is 901. The number of benzene rings is 1. The third kappa shape index (κ3) is 3.45. The lowest BCUT2D eigenvalue weighted by Crippen LogP contribution is -2.38. The Hall–Kier alpha value is -3.14. The van der Waals surface area contributed by atoms with Crippen molar-refractivity contribution in [2.75, 3.05) is 11.9 Å². The van der Waals surface area contributed by atoms with E-state index >= 15 is 0 Å². The zero-order valence-electron chi connectivity index (χ0n) is 13.1. The van der Waals surface area contributed by atoms with Crippen molar-refractivity contribution in [3.63, 3.8) is 0 Å². The maximum Gasteiger partial charge on any atom is 0.335 e. The third-order valence-electron chi connectivity index (χ3n) is 3.53. The first kappa shape index (κ1) is 17.7. The number of rotatable bonds is 5. The molecular weight excluding hydrogens is 368 g/mol. The summed E-state index contributed by atoms with van der Waals surface area (Å²) in [6.07, 6.45) is 0. The normalized spacial score (nSPS) is 14.3. The minimum absolute atomic E-state index is 0.0465. The molecule has 10 heteroatoms. The highest BCUT2D eigenvalue weighted by atomic mass is 32.1. The second-order valence-electron chi connectivity index (χ2n) is 5.32. The van der Waals surface area contributed by atoms with Crippen molar-refractivity contribution in [3.05, 3.63) is 52.2 Å². The second-order valence-corrected chi connectivity index (χ2v) is 6.35. The summed E-state index contributed by atoms with van der Waals surface area (Å²) in [4.78, 5) is 50.1. The molecule has 1 aromatic heterocycles. The van der Waals surface area contributed by atoms with Crippen LogP contribution in [-0.2, 0) is 20.9 Å². The molecule has 26 heavy (non-hydrogen) atoms. The summed E-state index contributed by atoms with van der Waals surface area (Å²) in [5.74, 6) is -5.21. The standard InChI is InChI=1S/C16H11F2N3O4S/c17-11-4-3-9(6-12(11)18)19-13(22)8-21-15(24)14(23)20(16(21)25)7-10-2-1-5-26-10/h1-6H,7-8H2,(H,19,22). The summed E-state index contributed by atoms with van der Waals surface area (Å²) >= 11 is 1.31. The maximum atomic E-state index is 13.1. The molecule has 0 atom stereocenters. The molecule has 0 unspecified atom stereocenters. The zero-order valence-corrected chi connectivity index (χ0v) is 13.9. The highest BCUT2D eigenvalue weighted by Crippen LogP contribution is 2.19. The van der Waals surface area contributed by atoms with Crippen LogP contribution in [0.3, 0.4) is 0 Å². The number of carbonyl (C=O) groups is 4. The number of nitrogens with one attached hydrogen (secondary N) is 1. The van der Waals surface area contributed by atoms with Gasteiger partial charge in [0.2, 0.25) is 5.91 Å². The van der Waals surface area contributed by atoms with E-state index in [1.54, 1.807) is 17.5 Å². The number of urea groups is 1. The van der Waals surface area contributed by atoms with E-state index in [-0.39, 0.29) is 12.2 Å². The fourth-order valence-corrected chi connectivity index (χ4v) is 3.00. The van der Waals surface area contributed by atoms with Crippen LogP contribution in [0.1, 0.15) is 4.88 Å². The number of halogens is 2. The van der Waals surface area contributed by atoms with Gasteiger partial charge in [0.25, 0.3) is 0 Å². The van der Waals surface area contributed by atoms with Crippen LogP contribution < -0.4 is 5.32 Å². The number of imide groups is 2. The maximum absolute atomic E-state index is 13.1. The summed E-state index contributed by atoms with van der Waals surface area (Å²) in [5.41, 5.74) is -0.0465. The van der Waals surface area contributed by atoms with Crippen molar-refractivity contribution in [3.8, 4) is 0 Å². The SMILES string of the molecule is O=C(CN1C(=O)C(=O)N(Cc2cccs2)C1=O)Nc1ccc(F)c(F)c1. The molecule has 1 aliphatic heterocycles. The van der Waals surface area contributed by atoms with Gasteiger partial charge in [-0.15, -0.1) is 11.3 Å². The number of anilines is 1. The van der Waals surface area contributed by atoms with Crippen LogP contribution in [0.5, 0.6) is 0 Å². The van der Waals surface area contributed by atoms with Crippen LogP contribution >= 0.6 is 11.3 Å². The largest absolute Gasteiger partial charge is 0.335 e. The van der Waals surface area contributed by atoms with E-state index in [0.717, 1.165) is 23.1 Å². The molecule has 0 saturated carbocycles. The smallest absolute Gasteiger partial charge is 0.324 e. The number of hydrogen-bond donors (Lipinski definition) is 1. The molecule has 0 bridgehead atoms. The summed E-state index contributed by atoms with van der Waals surface area (Å²) in [6, 6.07) is 5.24. The molecule has 1 N–H and O–H groups in total. The Balaban J connectivity index is 1.67. The second kappa shape index (κ2) is 7.00. The lowest BCUT2D eigenvalue weighted by molar-refractivity contribution is -0.143. The summed E-state index contributed by atoms with van der Waals surface area (Å²) in [5, 5.41) is 3.99. The van der Waals surface area contributed by atoms with Crippen LogP contribution in [0, 0.1) is 11.6 Å². The molecule has 1 aromatic carbocycles. The van der Waals surface area contributed by atoms with Crippen molar-refractivity contribution in [1.82, 2.24) is 9.80 Å². The Kier molecular flexibility index (Phi) is 4.76. The van der Waals surface area contributed by atoms with Crippen LogP contribution in [0.2, 0.25) is 0 Å². The first-order chi connectivity index (χ1) is 12.4. The molecule has 0 aliphatic carbocycles. The number of carbonyl (C=O) groups excluding carboxylic acids is 4. The molecule has 3 rings (SSSR count). The van der Waals surface area contributed by atoms with Crippen LogP contribution in [0.25, 0.3) is 0 Å². The van der Waals surface area contributed by atoms with Gasteiger partial charge >= 0.3 is 17.8 Å². The Morgan fingerprint density at radius 3 is 2.42 bits per heavy atom. The van der Waals surface area contributed by atoms with E-state index in [9.17, 15) is 28.0 Å². The first-order valence-electron chi connectivity index (χ1n) is 7.31. The van der Waals surface area contributed by atoms with Gasteiger partial charge in [-0.1, -0.05) is 6.07 Å². The lowest BCUT2D eigenvalue weighted by Gasteiger charge is -2.14. The van der Waals surface area contributed by atoms with E-state index < -0.39 is 41.9 Å². The minimum atomic E-state index is -1.16. The van der Waals surface area contributed by atoms with E-state index in [4.69, 9.17) is 0 Å². The number of thiophene rings is 1. The van der Waals surface area contributed by atoms with Gasteiger partial charge in [-0.25, -0.2) is 18.5 Å². The van der Waals surface area contributed by atoms with Gasteiger partial charge in [0.15, 0.2) is 11.6 Å². The monoisotopic (exact) mass is 379 g/mol. The molecule has 7 nitrogen and oxygen atoms in total. The topological polar surface area (TPSA) is 86.8 Å². The average Bonchev–Trinajstić information content (AvgIpc) is 3.18. The lowest BCUT2D eigenvalue weighted by atomic mass is 10.3. The van der Waals surface area contributed by atoms with Crippen molar-refractivity contribution in [2.45, 2.75) is 6.54 Å². The molecule has 0 radical (unpaired) electrons. The Labute approximate surface area is 149 Å². The first-order valence-corrected chi connectivity index (χ1v) is 8.19. The highest BCUT2D eigenvalue weighted by molar-refractivity contribution is 7.09. The van der Waals surface area contributed by atoms with E-state index in [0.29, 0.717) is 9.78 Å². The van der Waals surface area contributed by atoms with Crippen LogP contribution in [0.15, 0.2) is 35.7 Å². The van der Waals surface area contributed by atoms with E-state index in [2.05, 4.69) is 5.32 Å². The molecule has 2 heterocycles. The molecule has 0 spiro atoms. The van der Waals surface area contributed by atoms with Crippen molar-refractivity contribution < 1.29 is 28.0 Å². The Morgan fingerprint density at radius 1 is 1.04 bits per heavy atom. The molecular formula is C16H11F2N3O4S. The predicted octanol–water partition coefficient (Wildman–Crippen LogP) is 1.96. The Morgan fingerprint density at radius 2 is 1.77 bits per heavy atom. The van der Waals surface area contributed by atoms with Crippen LogP contribution in [0.4, 0.5) is 19.3 Å². The van der Waals surface area contributed by atoms with Crippen molar-refractivity contribution in [2.24, 2.45) is 0 Å². The molecule has 1 aliphatic rings. The molecule has 1 fully saturated rings. The zero-order chi connectivity index (χ0) is 18.8. The van der Waals surface area contributed by atoms with Gasteiger partial charge in [0.05, 0.1) is 6.54 Å². The van der Waals surface area contributed by atoms with Crippen LogP contribution in [-0.4, -0.2) is 40.1 Å². The number of amides is 5. The third-order valence-corrected chi connectivity index (χ3v) is 4.40. The molecule has 1 saturated heterocycles. The molecule has 5 amide bonds. The van der Waals surface area contributed by atoms with Gasteiger partial charge in [0.1, 0.15) is 6.54 Å². The summed E-state index contributed by atoms with van der Waals surface area (Å²) in [6.45, 7) is -0.786. The van der Waals surface area contributed by atoms with E-state index in [1.165, 1.54) is 11.3 Å². The highest BCUT2D eigenvalue weighted by Gasteiger charge is 2.45. The van der Waals surface area contributed by atoms with E-state index in [1.807, 2.05) is 0 Å².